The number of amides is 1. The molecule has 1 amide bonds. The summed E-state index contributed by atoms with van der Waals surface area (Å²) in [6.45, 7) is 0. The van der Waals surface area contributed by atoms with Gasteiger partial charge < -0.3 is 10.1 Å². The highest BCUT2D eigenvalue weighted by Crippen LogP contribution is 2.34. The molecule has 0 bridgehead atoms. The molecule has 0 fully saturated rings. The highest BCUT2D eigenvalue weighted by molar-refractivity contribution is 9.10. The first-order valence-corrected chi connectivity index (χ1v) is 10.6. The summed E-state index contributed by atoms with van der Waals surface area (Å²) in [6.07, 6.45) is -3.39. The van der Waals surface area contributed by atoms with Gasteiger partial charge in [-0.05, 0) is 66.2 Å². The van der Waals surface area contributed by atoms with Gasteiger partial charge in [-0.25, -0.2) is 4.79 Å². The van der Waals surface area contributed by atoms with Crippen LogP contribution in [0.25, 0.3) is 6.08 Å². The van der Waals surface area contributed by atoms with Crippen molar-refractivity contribution in [3.63, 3.8) is 0 Å². The first kappa shape index (κ1) is 25.0. The Morgan fingerprint density at radius 1 is 1.03 bits per heavy atom. The van der Waals surface area contributed by atoms with Crippen molar-refractivity contribution in [2.75, 3.05) is 5.32 Å². The van der Waals surface area contributed by atoms with Crippen LogP contribution in [0.2, 0.25) is 5.02 Å². The number of rotatable bonds is 5. The van der Waals surface area contributed by atoms with Crippen molar-refractivity contribution in [3.8, 4) is 11.8 Å². The van der Waals surface area contributed by atoms with Crippen molar-refractivity contribution >= 4 is 51.2 Å². The Morgan fingerprint density at radius 3 is 2.26 bits per heavy atom. The minimum absolute atomic E-state index is 0.115. The molecule has 0 saturated carbocycles. The van der Waals surface area contributed by atoms with E-state index in [2.05, 4.69) is 21.2 Å². The third-order valence-corrected chi connectivity index (χ3v) is 5.25. The van der Waals surface area contributed by atoms with Gasteiger partial charge in [0.1, 0.15) is 17.4 Å². The molecule has 5 nitrogen and oxygen atoms in total. The molecule has 0 heterocycles. The van der Waals surface area contributed by atoms with Gasteiger partial charge in [0, 0.05) is 4.47 Å². The van der Waals surface area contributed by atoms with Crippen LogP contribution in [-0.4, -0.2) is 11.9 Å². The molecule has 0 radical (unpaired) electrons. The van der Waals surface area contributed by atoms with Gasteiger partial charge in [-0.15, -0.1) is 0 Å². The molecule has 0 atom stereocenters. The standard InChI is InChI=1S/C24H13BrClF3N2O3/c25-18-6-3-15(4-7-18)23(33)34-19-8-1-14(2-9-19)11-16(13-30)22(32)31-21-12-17(24(27,28)29)5-10-20(21)26/h1-12H,(H,31,32)/b16-11-. The van der Waals surface area contributed by atoms with Gasteiger partial charge in [-0.1, -0.05) is 39.7 Å². The number of nitriles is 1. The zero-order chi connectivity index (χ0) is 24.9. The van der Waals surface area contributed by atoms with Crippen LogP contribution in [0.15, 0.2) is 76.8 Å². The minimum Gasteiger partial charge on any atom is -0.423 e. The summed E-state index contributed by atoms with van der Waals surface area (Å²) in [4.78, 5) is 24.6. The van der Waals surface area contributed by atoms with Crippen molar-refractivity contribution in [1.29, 1.82) is 5.26 Å². The lowest BCUT2D eigenvalue weighted by molar-refractivity contribution is -0.137. The number of benzene rings is 3. The molecule has 3 rings (SSSR count). The predicted molar refractivity (Wildman–Crippen MR) is 124 cm³/mol. The van der Waals surface area contributed by atoms with Gasteiger partial charge in [-0.2, -0.15) is 18.4 Å². The molecule has 172 valence electrons. The predicted octanol–water partition coefficient (Wildman–Crippen LogP) is 6.89. The highest BCUT2D eigenvalue weighted by Gasteiger charge is 2.31. The summed E-state index contributed by atoms with van der Waals surface area (Å²) >= 11 is 9.16. The van der Waals surface area contributed by atoms with Crippen LogP contribution in [0.5, 0.6) is 5.75 Å². The van der Waals surface area contributed by atoms with Crippen LogP contribution >= 0.6 is 27.5 Å². The molecule has 3 aromatic carbocycles. The molecule has 0 aliphatic carbocycles. The van der Waals surface area contributed by atoms with Gasteiger partial charge in [0.05, 0.1) is 21.8 Å². The third-order valence-electron chi connectivity index (χ3n) is 4.39. The van der Waals surface area contributed by atoms with Crippen LogP contribution in [0.1, 0.15) is 21.5 Å². The van der Waals surface area contributed by atoms with E-state index in [1.807, 2.05) is 0 Å². The zero-order valence-electron chi connectivity index (χ0n) is 17.0. The number of hydrogen-bond donors (Lipinski definition) is 1. The molecule has 0 aliphatic rings. The third kappa shape index (κ3) is 6.47. The number of hydrogen-bond acceptors (Lipinski definition) is 4. The fourth-order valence-electron chi connectivity index (χ4n) is 2.69. The number of nitrogens with zero attached hydrogens (tertiary/aromatic N) is 1. The van der Waals surface area contributed by atoms with E-state index in [0.717, 1.165) is 16.6 Å². The largest absolute Gasteiger partial charge is 0.423 e. The molecule has 0 unspecified atom stereocenters. The minimum atomic E-state index is -4.62. The van der Waals surface area contributed by atoms with Gasteiger partial charge in [0.15, 0.2) is 0 Å². The van der Waals surface area contributed by atoms with Crippen LogP contribution in [0.3, 0.4) is 0 Å². The van der Waals surface area contributed by atoms with Crippen molar-refractivity contribution in [2.45, 2.75) is 6.18 Å². The Bertz CT molecular complexity index is 1300. The SMILES string of the molecule is N#C/C(=C/c1ccc(OC(=O)c2ccc(Br)cc2)cc1)C(=O)Nc1cc(C(F)(F)F)ccc1Cl. The summed E-state index contributed by atoms with van der Waals surface area (Å²) < 4.78 is 44.9. The number of carbonyl (C=O) groups is 2. The van der Waals surface area contributed by atoms with E-state index in [4.69, 9.17) is 16.3 Å². The highest BCUT2D eigenvalue weighted by atomic mass is 79.9. The van der Waals surface area contributed by atoms with E-state index in [1.54, 1.807) is 30.3 Å². The average molecular weight is 550 g/mol. The van der Waals surface area contributed by atoms with E-state index in [9.17, 15) is 28.0 Å². The van der Waals surface area contributed by atoms with Crippen molar-refractivity contribution < 1.29 is 27.5 Å². The number of halogens is 5. The molecule has 0 aliphatic heterocycles. The monoisotopic (exact) mass is 548 g/mol. The van der Waals surface area contributed by atoms with Gasteiger partial charge in [0.2, 0.25) is 0 Å². The summed E-state index contributed by atoms with van der Waals surface area (Å²) in [5.41, 5.74) is -0.872. The molecule has 0 spiro atoms. The fourth-order valence-corrected chi connectivity index (χ4v) is 3.12. The maximum absolute atomic E-state index is 12.9. The second kappa shape index (κ2) is 10.5. The number of alkyl halides is 3. The number of ether oxygens (including phenoxy) is 1. The molecule has 0 saturated heterocycles. The smallest absolute Gasteiger partial charge is 0.416 e. The quantitative estimate of drug-likeness (QED) is 0.163. The molecule has 1 N–H and O–H groups in total. The summed E-state index contributed by atoms with van der Waals surface area (Å²) in [7, 11) is 0. The maximum atomic E-state index is 12.9. The first-order valence-electron chi connectivity index (χ1n) is 9.44. The normalized spacial score (nSPS) is 11.5. The topological polar surface area (TPSA) is 79.2 Å². The van der Waals surface area contributed by atoms with Crippen LogP contribution in [0, 0.1) is 11.3 Å². The summed E-state index contributed by atoms with van der Waals surface area (Å²) in [5, 5.41) is 11.4. The van der Waals surface area contributed by atoms with Crippen molar-refractivity contribution in [1.82, 2.24) is 0 Å². The maximum Gasteiger partial charge on any atom is 0.416 e. The van der Waals surface area contributed by atoms with E-state index < -0.39 is 23.6 Å². The van der Waals surface area contributed by atoms with Crippen LogP contribution < -0.4 is 10.1 Å². The molecular formula is C24H13BrClF3N2O3. The Balaban J connectivity index is 1.73. The Morgan fingerprint density at radius 2 is 1.68 bits per heavy atom. The Hall–Kier alpha value is -3.61. The lowest BCUT2D eigenvalue weighted by atomic mass is 10.1. The molecule has 3 aromatic rings. The zero-order valence-corrected chi connectivity index (χ0v) is 19.3. The van der Waals surface area contributed by atoms with Gasteiger partial charge >= 0.3 is 12.1 Å². The summed E-state index contributed by atoms with van der Waals surface area (Å²) in [5.74, 6) is -1.26. The lowest BCUT2D eigenvalue weighted by Crippen LogP contribution is -2.15. The van der Waals surface area contributed by atoms with E-state index in [0.29, 0.717) is 17.2 Å². The van der Waals surface area contributed by atoms with Crippen molar-refractivity contribution in [2.24, 2.45) is 0 Å². The summed E-state index contributed by atoms with van der Waals surface area (Å²) in [6, 6.07) is 16.7. The molecule has 34 heavy (non-hydrogen) atoms. The number of anilines is 1. The lowest BCUT2D eigenvalue weighted by Gasteiger charge is -2.11. The average Bonchev–Trinajstić information content (AvgIpc) is 2.79. The van der Waals surface area contributed by atoms with E-state index >= 15 is 0 Å². The van der Waals surface area contributed by atoms with Gasteiger partial charge in [0.25, 0.3) is 5.91 Å². The van der Waals surface area contributed by atoms with Crippen LogP contribution in [0.4, 0.5) is 18.9 Å². The van der Waals surface area contributed by atoms with E-state index in [1.165, 1.54) is 30.3 Å². The second-order valence-corrected chi connectivity index (χ2v) is 8.10. The molecular weight excluding hydrogens is 537 g/mol. The number of esters is 1. The Labute approximate surface area is 205 Å². The number of nitrogens with one attached hydrogen (secondary N) is 1. The second-order valence-electron chi connectivity index (χ2n) is 6.78. The fraction of sp³-hybridized carbons (Fsp3) is 0.0417. The number of carbonyl (C=O) groups excluding carboxylic acids is 2. The van der Waals surface area contributed by atoms with E-state index in [-0.39, 0.29) is 22.0 Å². The van der Waals surface area contributed by atoms with Crippen LogP contribution in [-0.2, 0) is 11.0 Å². The Kier molecular flexibility index (Phi) is 7.76. The van der Waals surface area contributed by atoms with Gasteiger partial charge in [-0.3, -0.25) is 4.79 Å². The first-order chi connectivity index (χ1) is 16.1. The molecule has 0 aromatic heterocycles. The molecule has 10 heteroatoms. The van der Waals surface area contributed by atoms with Crippen molar-refractivity contribution in [3.05, 3.63) is 98.5 Å².